The number of hydrogen-bond acceptors (Lipinski definition) is 5. The first-order chi connectivity index (χ1) is 9.68. The summed E-state index contributed by atoms with van der Waals surface area (Å²) in [4.78, 5) is 22.0. The van der Waals surface area contributed by atoms with E-state index in [2.05, 4.69) is 10.6 Å². The zero-order valence-electron chi connectivity index (χ0n) is 11.3. The molecule has 0 saturated heterocycles. The number of hydrogen-bond donors (Lipinski definition) is 2. The number of benzene rings is 1. The van der Waals surface area contributed by atoms with Crippen LogP contribution in [0, 0.1) is 0 Å². The quantitative estimate of drug-likeness (QED) is 0.569. The van der Waals surface area contributed by atoms with Crippen LogP contribution >= 0.6 is 21.6 Å². The van der Waals surface area contributed by atoms with Crippen LogP contribution in [0.15, 0.2) is 30.3 Å². The molecule has 0 spiro atoms. The SMILES string of the molecule is CC(=O)NCCSSCCNC(=O)Oc1ccccc1. The number of carbonyl (C=O) groups excluding carboxylic acids is 2. The number of carbonyl (C=O) groups is 2. The van der Waals surface area contributed by atoms with Crippen molar-refractivity contribution in [3.63, 3.8) is 0 Å². The van der Waals surface area contributed by atoms with Crippen molar-refractivity contribution < 1.29 is 14.3 Å². The lowest BCUT2D eigenvalue weighted by molar-refractivity contribution is -0.118. The van der Waals surface area contributed by atoms with Gasteiger partial charge in [0.2, 0.25) is 5.91 Å². The third-order valence-corrected chi connectivity index (χ3v) is 4.46. The van der Waals surface area contributed by atoms with Gasteiger partial charge in [-0.05, 0) is 12.1 Å². The average Bonchev–Trinajstić information content (AvgIpc) is 2.42. The first-order valence-electron chi connectivity index (χ1n) is 6.18. The van der Waals surface area contributed by atoms with Gasteiger partial charge in [-0.15, -0.1) is 0 Å². The van der Waals surface area contributed by atoms with Crippen LogP contribution in [0.25, 0.3) is 0 Å². The molecule has 1 aromatic carbocycles. The summed E-state index contributed by atoms with van der Waals surface area (Å²) in [5, 5.41) is 5.39. The Hall–Kier alpha value is -1.34. The highest BCUT2D eigenvalue weighted by molar-refractivity contribution is 8.76. The number of rotatable bonds is 8. The van der Waals surface area contributed by atoms with Crippen LogP contribution in [0.1, 0.15) is 6.92 Å². The lowest BCUT2D eigenvalue weighted by atomic mass is 10.3. The lowest BCUT2D eigenvalue weighted by Crippen LogP contribution is -2.28. The molecular formula is C13H18N2O3S2. The van der Waals surface area contributed by atoms with E-state index in [0.29, 0.717) is 18.8 Å². The Morgan fingerprint density at radius 3 is 2.25 bits per heavy atom. The van der Waals surface area contributed by atoms with Gasteiger partial charge in [-0.25, -0.2) is 4.79 Å². The van der Waals surface area contributed by atoms with Crippen molar-refractivity contribution in [1.29, 1.82) is 0 Å². The largest absolute Gasteiger partial charge is 0.412 e. The number of amides is 2. The second kappa shape index (κ2) is 10.4. The summed E-state index contributed by atoms with van der Waals surface area (Å²) in [6.45, 7) is 2.71. The molecule has 0 atom stereocenters. The molecule has 1 rings (SSSR count). The summed E-state index contributed by atoms with van der Waals surface area (Å²) in [7, 11) is 3.31. The Labute approximate surface area is 126 Å². The highest BCUT2D eigenvalue weighted by Crippen LogP contribution is 2.19. The van der Waals surface area contributed by atoms with Gasteiger partial charge < -0.3 is 15.4 Å². The van der Waals surface area contributed by atoms with Crippen LogP contribution in [-0.2, 0) is 4.79 Å². The van der Waals surface area contributed by atoms with Crippen molar-refractivity contribution >= 4 is 33.6 Å². The molecule has 5 nitrogen and oxygen atoms in total. The van der Waals surface area contributed by atoms with Gasteiger partial charge in [0.1, 0.15) is 5.75 Å². The molecule has 0 aromatic heterocycles. The van der Waals surface area contributed by atoms with E-state index in [4.69, 9.17) is 4.74 Å². The lowest BCUT2D eigenvalue weighted by Gasteiger charge is -2.06. The summed E-state index contributed by atoms with van der Waals surface area (Å²) < 4.78 is 5.07. The second-order valence-corrected chi connectivity index (χ2v) is 6.46. The van der Waals surface area contributed by atoms with Crippen molar-refractivity contribution in [2.45, 2.75) is 6.92 Å². The minimum absolute atomic E-state index is 0.0130. The van der Waals surface area contributed by atoms with Crippen molar-refractivity contribution in [3.8, 4) is 5.75 Å². The van der Waals surface area contributed by atoms with E-state index >= 15 is 0 Å². The van der Waals surface area contributed by atoms with Crippen molar-refractivity contribution in [2.75, 3.05) is 24.6 Å². The molecule has 1 aromatic rings. The molecule has 0 aliphatic rings. The first kappa shape index (κ1) is 16.7. The Kier molecular flexibility index (Phi) is 8.73. The smallest absolute Gasteiger partial charge is 0.410 e. The fourth-order valence-corrected chi connectivity index (χ4v) is 3.03. The summed E-state index contributed by atoms with van der Waals surface area (Å²) in [5.74, 6) is 2.15. The molecule has 0 aliphatic carbocycles. The molecule has 0 fully saturated rings. The standard InChI is InChI=1S/C13H18N2O3S2/c1-11(16)14-7-9-19-20-10-8-15-13(17)18-12-5-3-2-4-6-12/h2-6H,7-10H2,1H3,(H,14,16)(H,15,17). The van der Waals surface area contributed by atoms with Gasteiger partial charge in [0.15, 0.2) is 0 Å². The molecule has 0 bridgehead atoms. The molecule has 2 N–H and O–H groups in total. The van der Waals surface area contributed by atoms with Crippen LogP contribution in [0.3, 0.4) is 0 Å². The maximum absolute atomic E-state index is 11.4. The molecule has 110 valence electrons. The van der Waals surface area contributed by atoms with E-state index in [-0.39, 0.29) is 5.91 Å². The topological polar surface area (TPSA) is 67.4 Å². The highest BCUT2D eigenvalue weighted by Gasteiger charge is 2.02. The summed E-state index contributed by atoms with van der Waals surface area (Å²) >= 11 is 0. The first-order valence-corrected chi connectivity index (χ1v) is 8.67. The Bertz CT molecular complexity index is 415. The van der Waals surface area contributed by atoms with Crippen LogP contribution in [0.4, 0.5) is 4.79 Å². The van der Waals surface area contributed by atoms with Crippen LogP contribution in [0.5, 0.6) is 5.75 Å². The van der Waals surface area contributed by atoms with Crippen molar-refractivity contribution in [1.82, 2.24) is 10.6 Å². The van der Waals surface area contributed by atoms with Crippen LogP contribution < -0.4 is 15.4 Å². The van der Waals surface area contributed by atoms with E-state index in [1.165, 1.54) is 6.92 Å². The summed E-state index contributed by atoms with van der Waals surface area (Å²) in [5.41, 5.74) is 0. The minimum Gasteiger partial charge on any atom is -0.410 e. The predicted octanol–water partition coefficient (Wildman–Crippen LogP) is 2.29. The third-order valence-electron chi connectivity index (χ3n) is 2.05. The van der Waals surface area contributed by atoms with E-state index < -0.39 is 6.09 Å². The Morgan fingerprint density at radius 2 is 1.65 bits per heavy atom. The predicted molar refractivity (Wildman–Crippen MR) is 84.1 cm³/mol. The maximum Gasteiger partial charge on any atom is 0.412 e. The monoisotopic (exact) mass is 314 g/mol. The van der Waals surface area contributed by atoms with Gasteiger partial charge in [0.25, 0.3) is 0 Å². The van der Waals surface area contributed by atoms with Crippen molar-refractivity contribution in [3.05, 3.63) is 30.3 Å². The third kappa shape index (κ3) is 8.71. The molecular weight excluding hydrogens is 296 g/mol. The highest BCUT2D eigenvalue weighted by atomic mass is 33.1. The van der Waals surface area contributed by atoms with Gasteiger partial charge in [-0.3, -0.25) is 4.79 Å². The Morgan fingerprint density at radius 1 is 1.05 bits per heavy atom. The molecule has 2 amide bonds. The molecule has 0 unspecified atom stereocenters. The molecule has 0 heterocycles. The van der Waals surface area contributed by atoms with Crippen LogP contribution in [-0.4, -0.2) is 36.6 Å². The van der Waals surface area contributed by atoms with Gasteiger partial charge >= 0.3 is 6.09 Å². The normalized spacial score (nSPS) is 9.85. The fraction of sp³-hybridized carbons (Fsp3) is 0.385. The zero-order valence-corrected chi connectivity index (χ0v) is 12.9. The maximum atomic E-state index is 11.4. The summed E-state index contributed by atoms with van der Waals surface area (Å²) in [6, 6.07) is 8.94. The number of nitrogens with one attached hydrogen (secondary N) is 2. The van der Waals surface area contributed by atoms with E-state index in [9.17, 15) is 9.59 Å². The molecule has 0 saturated carbocycles. The second-order valence-electron chi connectivity index (χ2n) is 3.76. The van der Waals surface area contributed by atoms with Crippen molar-refractivity contribution in [2.24, 2.45) is 0 Å². The van der Waals surface area contributed by atoms with E-state index in [0.717, 1.165) is 11.5 Å². The van der Waals surface area contributed by atoms with Gasteiger partial charge in [-0.1, -0.05) is 39.8 Å². The Balaban J connectivity index is 1.96. The van der Waals surface area contributed by atoms with Crippen LogP contribution in [0.2, 0.25) is 0 Å². The van der Waals surface area contributed by atoms with E-state index in [1.807, 2.05) is 18.2 Å². The fourth-order valence-electron chi connectivity index (χ4n) is 1.21. The minimum atomic E-state index is -0.444. The molecule has 20 heavy (non-hydrogen) atoms. The average molecular weight is 314 g/mol. The number of ether oxygens (including phenoxy) is 1. The molecule has 7 heteroatoms. The van der Waals surface area contributed by atoms with E-state index in [1.54, 1.807) is 33.7 Å². The molecule has 0 aliphatic heterocycles. The molecule has 0 radical (unpaired) electrons. The number of para-hydroxylation sites is 1. The van der Waals surface area contributed by atoms with Gasteiger partial charge in [0, 0.05) is 31.5 Å². The summed E-state index contributed by atoms with van der Waals surface area (Å²) in [6.07, 6.45) is -0.444. The zero-order chi connectivity index (χ0) is 14.6. The van der Waals surface area contributed by atoms with Gasteiger partial charge in [-0.2, -0.15) is 0 Å². The van der Waals surface area contributed by atoms with Gasteiger partial charge in [0.05, 0.1) is 0 Å².